The molecule has 0 atom stereocenters. The Bertz CT molecular complexity index is 503. The fraction of sp³-hybridized carbons (Fsp3) is 0.643. The second kappa shape index (κ2) is 6.06. The van der Waals surface area contributed by atoms with Crippen molar-refractivity contribution in [3.05, 3.63) is 23.0 Å². The maximum Gasteiger partial charge on any atom is 0.226 e. The zero-order chi connectivity index (χ0) is 13.9. The Balaban J connectivity index is 1.70. The first-order valence-electron chi connectivity index (χ1n) is 7.05. The first-order chi connectivity index (χ1) is 9.78. The van der Waals surface area contributed by atoms with Crippen LogP contribution in [0.15, 0.2) is 6.07 Å². The lowest BCUT2D eigenvalue weighted by Crippen LogP contribution is -2.41. The lowest BCUT2D eigenvalue weighted by atomic mass is 9.96. The van der Waals surface area contributed by atoms with Crippen LogP contribution in [0.5, 0.6) is 0 Å². The van der Waals surface area contributed by atoms with Gasteiger partial charge in [-0.05, 0) is 30.9 Å². The number of alkyl halides is 1. The third-order valence-electron chi connectivity index (χ3n) is 4.02. The number of nitrogens with zero attached hydrogens (tertiary/aromatic N) is 3. The SMILES string of the molecule is O=C(C1CCOCC1)N1CCc2cc(CCl)nnc2C1. The first kappa shape index (κ1) is 13.8. The zero-order valence-corrected chi connectivity index (χ0v) is 12.1. The Labute approximate surface area is 123 Å². The minimum Gasteiger partial charge on any atom is -0.381 e. The highest BCUT2D eigenvalue weighted by Crippen LogP contribution is 2.23. The van der Waals surface area contributed by atoms with Crippen LogP contribution in [0.1, 0.15) is 29.8 Å². The van der Waals surface area contributed by atoms with E-state index >= 15 is 0 Å². The van der Waals surface area contributed by atoms with Gasteiger partial charge in [0.05, 0.1) is 23.8 Å². The van der Waals surface area contributed by atoms with Crippen LogP contribution in [0.4, 0.5) is 0 Å². The van der Waals surface area contributed by atoms with Crippen molar-refractivity contribution in [2.45, 2.75) is 31.7 Å². The highest BCUT2D eigenvalue weighted by Gasteiger charge is 2.29. The summed E-state index contributed by atoms with van der Waals surface area (Å²) in [6, 6.07) is 2.01. The quantitative estimate of drug-likeness (QED) is 0.777. The number of carbonyl (C=O) groups excluding carboxylic acids is 1. The summed E-state index contributed by atoms with van der Waals surface area (Å²) >= 11 is 5.77. The number of halogens is 1. The summed E-state index contributed by atoms with van der Waals surface area (Å²) in [6.45, 7) is 2.72. The molecule has 0 spiro atoms. The minimum atomic E-state index is 0.111. The Morgan fingerprint density at radius 2 is 2.20 bits per heavy atom. The molecule has 0 unspecified atom stereocenters. The molecular formula is C14H18ClN3O2. The van der Waals surface area contributed by atoms with Gasteiger partial charge in [0, 0.05) is 25.7 Å². The molecule has 20 heavy (non-hydrogen) atoms. The molecule has 3 rings (SSSR count). The van der Waals surface area contributed by atoms with Gasteiger partial charge in [-0.2, -0.15) is 10.2 Å². The van der Waals surface area contributed by atoms with Crippen molar-refractivity contribution in [1.29, 1.82) is 0 Å². The molecule has 0 N–H and O–H groups in total. The van der Waals surface area contributed by atoms with E-state index in [4.69, 9.17) is 16.3 Å². The van der Waals surface area contributed by atoms with Gasteiger partial charge in [-0.15, -0.1) is 11.6 Å². The van der Waals surface area contributed by atoms with E-state index in [0.717, 1.165) is 37.2 Å². The van der Waals surface area contributed by atoms with E-state index in [0.29, 0.717) is 25.6 Å². The Morgan fingerprint density at radius 3 is 2.95 bits per heavy atom. The molecule has 1 saturated heterocycles. The molecule has 0 aromatic carbocycles. The second-order valence-electron chi connectivity index (χ2n) is 5.34. The number of ether oxygens (including phenoxy) is 1. The Morgan fingerprint density at radius 1 is 1.40 bits per heavy atom. The highest BCUT2D eigenvalue weighted by molar-refractivity contribution is 6.16. The van der Waals surface area contributed by atoms with Crippen molar-refractivity contribution < 1.29 is 9.53 Å². The number of hydrogen-bond donors (Lipinski definition) is 0. The number of hydrogen-bond acceptors (Lipinski definition) is 4. The van der Waals surface area contributed by atoms with Crippen LogP contribution in [0.2, 0.25) is 0 Å². The molecular weight excluding hydrogens is 278 g/mol. The molecule has 1 aromatic rings. The van der Waals surface area contributed by atoms with Crippen molar-refractivity contribution in [1.82, 2.24) is 15.1 Å². The van der Waals surface area contributed by atoms with Crippen LogP contribution in [0.3, 0.4) is 0 Å². The molecule has 0 aliphatic carbocycles. The predicted octanol–water partition coefficient (Wildman–Crippen LogP) is 1.53. The average Bonchev–Trinajstić information content (AvgIpc) is 2.54. The molecule has 2 aliphatic rings. The molecule has 108 valence electrons. The van der Waals surface area contributed by atoms with Crippen LogP contribution in [0.25, 0.3) is 0 Å². The number of carbonyl (C=O) groups is 1. The molecule has 5 nitrogen and oxygen atoms in total. The van der Waals surface area contributed by atoms with E-state index in [9.17, 15) is 4.79 Å². The van der Waals surface area contributed by atoms with Crippen molar-refractivity contribution in [3.8, 4) is 0 Å². The monoisotopic (exact) mass is 295 g/mol. The van der Waals surface area contributed by atoms with Crippen LogP contribution < -0.4 is 0 Å². The van der Waals surface area contributed by atoms with Crippen molar-refractivity contribution >= 4 is 17.5 Å². The molecule has 0 bridgehead atoms. The van der Waals surface area contributed by atoms with Gasteiger partial charge in [-0.3, -0.25) is 4.79 Å². The Hall–Kier alpha value is -1.20. The predicted molar refractivity (Wildman–Crippen MR) is 74.3 cm³/mol. The van der Waals surface area contributed by atoms with Gasteiger partial charge in [-0.1, -0.05) is 0 Å². The topological polar surface area (TPSA) is 55.3 Å². The number of aromatic nitrogens is 2. The van der Waals surface area contributed by atoms with Crippen molar-refractivity contribution in [2.24, 2.45) is 5.92 Å². The van der Waals surface area contributed by atoms with E-state index < -0.39 is 0 Å². The highest BCUT2D eigenvalue weighted by atomic mass is 35.5. The van der Waals surface area contributed by atoms with E-state index in [2.05, 4.69) is 10.2 Å². The van der Waals surface area contributed by atoms with Gasteiger partial charge in [0.15, 0.2) is 0 Å². The van der Waals surface area contributed by atoms with E-state index in [1.807, 2.05) is 11.0 Å². The fourth-order valence-corrected chi connectivity index (χ4v) is 2.95. The third kappa shape index (κ3) is 2.79. The van der Waals surface area contributed by atoms with Gasteiger partial charge in [-0.25, -0.2) is 0 Å². The van der Waals surface area contributed by atoms with Crippen LogP contribution >= 0.6 is 11.6 Å². The summed E-state index contributed by atoms with van der Waals surface area (Å²) in [7, 11) is 0. The van der Waals surface area contributed by atoms with Crippen LogP contribution in [-0.4, -0.2) is 40.8 Å². The van der Waals surface area contributed by atoms with Gasteiger partial charge >= 0.3 is 0 Å². The largest absolute Gasteiger partial charge is 0.381 e. The summed E-state index contributed by atoms with van der Waals surface area (Å²) in [5, 5.41) is 8.29. The summed E-state index contributed by atoms with van der Waals surface area (Å²) in [4.78, 5) is 14.4. The van der Waals surface area contributed by atoms with E-state index in [1.165, 1.54) is 5.56 Å². The zero-order valence-electron chi connectivity index (χ0n) is 11.3. The number of fused-ring (bicyclic) bond motifs is 1. The van der Waals surface area contributed by atoms with Gasteiger partial charge in [0.1, 0.15) is 0 Å². The summed E-state index contributed by atoms with van der Waals surface area (Å²) in [6.07, 6.45) is 2.50. The molecule has 1 amide bonds. The molecule has 0 saturated carbocycles. The maximum atomic E-state index is 12.5. The van der Waals surface area contributed by atoms with Gasteiger partial charge in [0.25, 0.3) is 0 Å². The van der Waals surface area contributed by atoms with E-state index in [1.54, 1.807) is 0 Å². The number of amides is 1. The normalized spacial score (nSPS) is 19.8. The lowest BCUT2D eigenvalue weighted by Gasteiger charge is -2.32. The minimum absolute atomic E-state index is 0.111. The Kier molecular flexibility index (Phi) is 4.17. The number of rotatable bonds is 2. The molecule has 1 aromatic heterocycles. The average molecular weight is 296 g/mol. The summed E-state index contributed by atoms with van der Waals surface area (Å²) < 4.78 is 5.31. The van der Waals surface area contributed by atoms with Crippen molar-refractivity contribution in [3.63, 3.8) is 0 Å². The van der Waals surface area contributed by atoms with Crippen LogP contribution in [0, 0.1) is 5.92 Å². The first-order valence-corrected chi connectivity index (χ1v) is 7.58. The molecule has 1 fully saturated rings. The third-order valence-corrected chi connectivity index (χ3v) is 4.30. The smallest absolute Gasteiger partial charge is 0.226 e. The summed E-state index contributed by atoms with van der Waals surface area (Å²) in [5.41, 5.74) is 2.88. The molecule has 3 heterocycles. The van der Waals surface area contributed by atoms with Crippen LogP contribution in [-0.2, 0) is 28.4 Å². The molecule has 0 radical (unpaired) electrons. The second-order valence-corrected chi connectivity index (χ2v) is 5.60. The maximum absolute atomic E-state index is 12.5. The van der Waals surface area contributed by atoms with E-state index in [-0.39, 0.29) is 11.8 Å². The lowest BCUT2D eigenvalue weighted by molar-refractivity contribution is -0.139. The summed E-state index contributed by atoms with van der Waals surface area (Å²) in [5.74, 6) is 0.730. The van der Waals surface area contributed by atoms with Gasteiger partial charge in [0.2, 0.25) is 5.91 Å². The van der Waals surface area contributed by atoms with Crippen molar-refractivity contribution in [2.75, 3.05) is 19.8 Å². The standard InChI is InChI=1S/C14H18ClN3O2/c15-8-12-7-11-1-4-18(9-13(11)17-16-12)14(19)10-2-5-20-6-3-10/h7,10H,1-6,8-9H2. The van der Waals surface area contributed by atoms with Gasteiger partial charge < -0.3 is 9.64 Å². The molecule has 2 aliphatic heterocycles. The fourth-order valence-electron chi connectivity index (χ4n) is 2.82. The molecule has 6 heteroatoms.